The molecule has 0 radical (unpaired) electrons. The third-order valence-electron chi connectivity index (χ3n) is 2.20. The third kappa shape index (κ3) is 1.95. The predicted molar refractivity (Wildman–Crippen MR) is 59.2 cm³/mol. The molecule has 2 heterocycles. The molecule has 0 unspecified atom stereocenters. The zero-order valence-corrected chi connectivity index (χ0v) is 8.68. The number of aromatic nitrogens is 2. The second kappa shape index (κ2) is 4.42. The number of fused-ring (bicyclic) bond motifs is 1. The van der Waals surface area contributed by atoms with Gasteiger partial charge >= 0.3 is 0 Å². The van der Waals surface area contributed by atoms with E-state index in [0.717, 1.165) is 0 Å². The number of rotatable bonds is 5. The summed E-state index contributed by atoms with van der Waals surface area (Å²) in [5.74, 6) is 0.490. The number of nitrogens with two attached hydrogens (primary N) is 1. The zero-order valence-electron chi connectivity index (χ0n) is 8.68. The molecular weight excluding hydrogens is 212 g/mol. The monoisotopic (exact) mass is 226 g/mol. The number of H-pyrrole nitrogens is 1. The quantitative estimate of drug-likeness (QED) is 0.548. The fourth-order valence-electron chi connectivity index (χ4n) is 1.50. The summed E-state index contributed by atoms with van der Waals surface area (Å²) < 4.78 is 5.44. The number of aliphatic hydroxyl groups excluding tert-OH is 2. The number of anilines is 2. The van der Waals surface area contributed by atoms with Gasteiger partial charge in [0.15, 0.2) is 11.2 Å². The molecule has 7 nitrogen and oxygen atoms in total. The van der Waals surface area contributed by atoms with Crippen LogP contribution in [0, 0.1) is 0 Å². The summed E-state index contributed by atoms with van der Waals surface area (Å²) in [5, 5.41) is 17.7. The molecule has 0 saturated heterocycles. The molecule has 0 aliphatic rings. The Bertz CT molecular complexity index is 427. The molecule has 16 heavy (non-hydrogen) atoms. The molecule has 0 aromatic carbocycles. The Morgan fingerprint density at radius 3 is 2.62 bits per heavy atom. The first-order valence-corrected chi connectivity index (χ1v) is 4.96. The second-order valence-corrected chi connectivity index (χ2v) is 3.37. The molecule has 0 aliphatic heterocycles. The smallest absolute Gasteiger partial charge is 0.300 e. The lowest BCUT2D eigenvalue weighted by atomic mass is 10.5. The van der Waals surface area contributed by atoms with Crippen molar-refractivity contribution in [3.8, 4) is 0 Å². The molecule has 7 heteroatoms. The van der Waals surface area contributed by atoms with E-state index in [1.54, 1.807) is 11.0 Å². The fourth-order valence-corrected chi connectivity index (χ4v) is 1.50. The topological polar surface area (TPSA) is 112 Å². The van der Waals surface area contributed by atoms with Gasteiger partial charge in [-0.15, -0.1) is 0 Å². The standard InChI is InChI=1S/C9H14N4O3/c10-7-5-6-8(11-7)12-9(16-6)13(1-3-14)2-4-15/h5,11,14-15H,1-4,10H2. The van der Waals surface area contributed by atoms with Gasteiger partial charge in [0.25, 0.3) is 6.01 Å². The van der Waals surface area contributed by atoms with E-state index in [0.29, 0.717) is 36.2 Å². The molecule has 88 valence electrons. The first-order chi connectivity index (χ1) is 7.74. The summed E-state index contributed by atoms with van der Waals surface area (Å²) in [6, 6.07) is 2.01. The van der Waals surface area contributed by atoms with Gasteiger partial charge in [-0.2, -0.15) is 4.98 Å². The Labute approximate surface area is 91.5 Å². The van der Waals surface area contributed by atoms with Gasteiger partial charge in [0.2, 0.25) is 0 Å². The fraction of sp³-hybridized carbons (Fsp3) is 0.444. The molecule has 0 atom stereocenters. The Morgan fingerprint density at radius 1 is 1.38 bits per heavy atom. The van der Waals surface area contributed by atoms with Crippen LogP contribution in [-0.4, -0.2) is 46.5 Å². The van der Waals surface area contributed by atoms with Crippen LogP contribution in [0.15, 0.2) is 10.5 Å². The van der Waals surface area contributed by atoms with Crippen LogP contribution in [-0.2, 0) is 0 Å². The van der Waals surface area contributed by atoms with Crippen LogP contribution >= 0.6 is 0 Å². The second-order valence-electron chi connectivity index (χ2n) is 3.37. The first-order valence-electron chi connectivity index (χ1n) is 4.96. The Kier molecular flexibility index (Phi) is 2.97. The number of aliphatic hydroxyl groups is 2. The van der Waals surface area contributed by atoms with Crippen molar-refractivity contribution < 1.29 is 14.6 Å². The molecule has 2 aromatic heterocycles. The molecule has 2 aromatic rings. The van der Waals surface area contributed by atoms with Gasteiger partial charge in [-0.3, -0.25) is 0 Å². The van der Waals surface area contributed by atoms with Crippen LogP contribution in [0.25, 0.3) is 11.2 Å². The first kappa shape index (κ1) is 10.8. The van der Waals surface area contributed by atoms with Crippen molar-refractivity contribution >= 4 is 23.1 Å². The molecule has 5 N–H and O–H groups in total. The largest absolute Gasteiger partial charge is 0.422 e. The van der Waals surface area contributed by atoms with E-state index in [4.69, 9.17) is 20.4 Å². The van der Waals surface area contributed by atoms with Gasteiger partial charge in [0.1, 0.15) is 5.82 Å². The molecule has 0 aliphatic carbocycles. The van der Waals surface area contributed by atoms with E-state index in [1.165, 1.54) is 0 Å². The van der Waals surface area contributed by atoms with Crippen LogP contribution in [0.2, 0.25) is 0 Å². The molecule has 0 bridgehead atoms. The minimum atomic E-state index is -0.0293. The van der Waals surface area contributed by atoms with Crippen molar-refractivity contribution in [3.63, 3.8) is 0 Å². The number of hydrogen-bond donors (Lipinski definition) is 4. The number of nitrogens with one attached hydrogen (secondary N) is 1. The summed E-state index contributed by atoms with van der Waals surface area (Å²) in [4.78, 5) is 8.67. The van der Waals surface area contributed by atoms with Crippen LogP contribution in [0.3, 0.4) is 0 Å². The van der Waals surface area contributed by atoms with E-state index < -0.39 is 0 Å². The normalized spacial score (nSPS) is 11.1. The van der Waals surface area contributed by atoms with E-state index in [-0.39, 0.29) is 13.2 Å². The van der Waals surface area contributed by atoms with Gasteiger partial charge < -0.3 is 30.2 Å². The lowest BCUT2D eigenvalue weighted by Crippen LogP contribution is -2.29. The van der Waals surface area contributed by atoms with Gasteiger partial charge in [-0.05, 0) is 0 Å². The maximum absolute atomic E-state index is 8.87. The molecule has 0 spiro atoms. The highest BCUT2D eigenvalue weighted by Crippen LogP contribution is 2.22. The number of nitrogen functional groups attached to an aromatic ring is 1. The maximum atomic E-state index is 8.87. The van der Waals surface area contributed by atoms with Crippen molar-refractivity contribution in [1.82, 2.24) is 9.97 Å². The van der Waals surface area contributed by atoms with Gasteiger partial charge in [-0.25, -0.2) is 0 Å². The van der Waals surface area contributed by atoms with Crippen LogP contribution in [0.4, 0.5) is 11.8 Å². The molecule has 0 amide bonds. The Balaban J connectivity index is 2.25. The third-order valence-corrected chi connectivity index (χ3v) is 2.20. The zero-order chi connectivity index (χ0) is 11.5. The average molecular weight is 226 g/mol. The molecule has 2 rings (SSSR count). The highest BCUT2D eigenvalue weighted by atomic mass is 16.4. The average Bonchev–Trinajstić information content (AvgIpc) is 2.74. The van der Waals surface area contributed by atoms with E-state index in [9.17, 15) is 0 Å². The van der Waals surface area contributed by atoms with Gasteiger partial charge in [0.05, 0.1) is 13.2 Å². The minimum Gasteiger partial charge on any atom is -0.422 e. The van der Waals surface area contributed by atoms with Crippen molar-refractivity contribution in [3.05, 3.63) is 6.07 Å². The molecular formula is C9H14N4O3. The van der Waals surface area contributed by atoms with E-state index >= 15 is 0 Å². The minimum absolute atomic E-state index is 0.0293. The maximum Gasteiger partial charge on any atom is 0.300 e. The van der Waals surface area contributed by atoms with Crippen LogP contribution in [0.1, 0.15) is 0 Å². The van der Waals surface area contributed by atoms with E-state index in [2.05, 4.69) is 9.97 Å². The van der Waals surface area contributed by atoms with E-state index in [1.807, 2.05) is 0 Å². The highest BCUT2D eigenvalue weighted by molar-refractivity contribution is 5.75. The van der Waals surface area contributed by atoms with Crippen LogP contribution in [0.5, 0.6) is 0 Å². The molecule has 0 fully saturated rings. The molecule has 0 saturated carbocycles. The Morgan fingerprint density at radius 2 is 2.06 bits per heavy atom. The SMILES string of the molecule is Nc1cc2oc(N(CCO)CCO)nc2[nH]1. The van der Waals surface area contributed by atoms with Crippen LogP contribution < -0.4 is 10.6 Å². The summed E-state index contributed by atoms with van der Waals surface area (Å²) >= 11 is 0. The van der Waals surface area contributed by atoms with Gasteiger partial charge in [0, 0.05) is 19.2 Å². The van der Waals surface area contributed by atoms with Crippen molar-refractivity contribution in [2.24, 2.45) is 0 Å². The summed E-state index contributed by atoms with van der Waals surface area (Å²) in [7, 11) is 0. The van der Waals surface area contributed by atoms with Gasteiger partial charge in [-0.1, -0.05) is 0 Å². The number of aromatic amines is 1. The Hall–Kier alpha value is -1.73. The lowest BCUT2D eigenvalue weighted by Gasteiger charge is -2.17. The lowest BCUT2D eigenvalue weighted by molar-refractivity contribution is 0.277. The van der Waals surface area contributed by atoms with Crippen molar-refractivity contribution in [2.75, 3.05) is 36.9 Å². The highest BCUT2D eigenvalue weighted by Gasteiger charge is 2.14. The number of oxazole rings is 1. The summed E-state index contributed by atoms with van der Waals surface area (Å²) in [6.07, 6.45) is 0. The predicted octanol–water partition coefficient (Wildman–Crippen LogP) is -0.471. The van der Waals surface area contributed by atoms with Crippen molar-refractivity contribution in [2.45, 2.75) is 0 Å². The summed E-state index contributed by atoms with van der Waals surface area (Å²) in [5.41, 5.74) is 6.66. The number of hydrogen-bond acceptors (Lipinski definition) is 6. The van der Waals surface area contributed by atoms with Crippen molar-refractivity contribution in [1.29, 1.82) is 0 Å². The summed E-state index contributed by atoms with van der Waals surface area (Å²) in [6.45, 7) is 0.662. The number of nitrogens with zero attached hydrogens (tertiary/aromatic N) is 2.